The number of rotatable bonds is 4. The molecule has 0 unspecified atom stereocenters. The van der Waals surface area contributed by atoms with Crippen LogP contribution in [0.25, 0.3) is 22.4 Å². The van der Waals surface area contributed by atoms with Gasteiger partial charge in [-0.25, -0.2) is 9.97 Å². The minimum Gasteiger partial charge on any atom is -0.459 e. The van der Waals surface area contributed by atoms with Crippen LogP contribution < -0.4 is 4.90 Å². The van der Waals surface area contributed by atoms with Gasteiger partial charge >= 0.3 is 0 Å². The van der Waals surface area contributed by atoms with E-state index in [4.69, 9.17) is 14.4 Å². The molecule has 3 aromatic heterocycles. The van der Waals surface area contributed by atoms with E-state index in [1.54, 1.807) is 18.4 Å². The number of amides is 1. The summed E-state index contributed by atoms with van der Waals surface area (Å²) in [6.07, 6.45) is 10.3. The summed E-state index contributed by atoms with van der Waals surface area (Å²) in [5.74, 6) is 2.11. The van der Waals surface area contributed by atoms with Crippen molar-refractivity contribution in [2.24, 2.45) is 0 Å². The number of hydrogen-bond acceptors (Lipinski definition) is 6. The zero-order valence-electron chi connectivity index (χ0n) is 18.9. The number of carbonyl (C=O) groups excluding carboxylic acids is 1. The molecular formula is C27H26N4O2S. The monoisotopic (exact) mass is 470 g/mol. The van der Waals surface area contributed by atoms with Gasteiger partial charge in [-0.3, -0.25) is 4.79 Å². The number of benzene rings is 1. The van der Waals surface area contributed by atoms with Crippen molar-refractivity contribution in [1.82, 2.24) is 14.9 Å². The molecule has 1 fully saturated rings. The molecule has 7 heteroatoms. The summed E-state index contributed by atoms with van der Waals surface area (Å²) in [5.41, 5.74) is 2.57. The van der Waals surface area contributed by atoms with Crippen molar-refractivity contribution in [3.05, 3.63) is 76.3 Å². The lowest BCUT2D eigenvalue weighted by molar-refractivity contribution is 0.0714. The van der Waals surface area contributed by atoms with Gasteiger partial charge in [0.2, 0.25) is 0 Å². The van der Waals surface area contributed by atoms with Gasteiger partial charge in [-0.05, 0) is 55.0 Å². The van der Waals surface area contributed by atoms with Gasteiger partial charge in [0.15, 0.2) is 11.6 Å². The molecule has 0 bridgehead atoms. The zero-order valence-corrected chi connectivity index (χ0v) is 19.8. The molecule has 4 heterocycles. The summed E-state index contributed by atoms with van der Waals surface area (Å²) in [7, 11) is 0. The van der Waals surface area contributed by atoms with Crippen LogP contribution in [-0.4, -0.2) is 47.0 Å². The van der Waals surface area contributed by atoms with E-state index >= 15 is 0 Å². The Morgan fingerprint density at radius 2 is 1.76 bits per heavy atom. The summed E-state index contributed by atoms with van der Waals surface area (Å²) < 4.78 is 5.32. The highest BCUT2D eigenvalue weighted by atomic mass is 32.1. The Kier molecular flexibility index (Phi) is 5.63. The van der Waals surface area contributed by atoms with E-state index < -0.39 is 0 Å². The standard InChI is InChI=1S/C27H26N4O2S/c32-27(21-10-6-18-33-21)31-16-14-30(15-17-31)25-24-20-9-4-5-11-22(20)34-26(24)29-23(28-25)13-12-19-7-2-1-3-8-19/h1-3,6-8,10,12-13,18H,4-5,9,11,14-17H2/b13-12+. The number of thiophene rings is 1. The van der Waals surface area contributed by atoms with Gasteiger partial charge in [0.05, 0.1) is 11.6 Å². The molecule has 172 valence electrons. The fourth-order valence-corrected chi connectivity index (χ4v) is 6.13. The quantitative estimate of drug-likeness (QED) is 0.405. The number of nitrogens with zero attached hydrogens (tertiary/aromatic N) is 4. The summed E-state index contributed by atoms with van der Waals surface area (Å²) >= 11 is 1.83. The van der Waals surface area contributed by atoms with Crippen LogP contribution >= 0.6 is 11.3 Å². The van der Waals surface area contributed by atoms with Crippen LogP contribution in [0.1, 0.15) is 45.2 Å². The molecule has 1 aliphatic carbocycles. The molecule has 0 saturated carbocycles. The number of furan rings is 1. The first-order valence-electron chi connectivity index (χ1n) is 11.9. The second kappa shape index (κ2) is 9.06. The Bertz CT molecular complexity index is 1340. The molecule has 2 aliphatic rings. The molecule has 0 spiro atoms. The molecule has 4 aromatic rings. The lowest BCUT2D eigenvalue weighted by Crippen LogP contribution is -2.49. The van der Waals surface area contributed by atoms with E-state index in [-0.39, 0.29) is 5.91 Å². The normalized spacial score (nSPS) is 16.4. The highest BCUT2D eigenvalue weighted by Gasteiger charge is 2.28. The average Bonchev–Trinajstić information content (AvgIpc) is 3.56. The minimum atomic E-state index is -0.0446. The highest BCUT2D eigenvalue weighted by Crippen LogP contribution is 2.40. The van der Waals surface area contributed by atoms with Crippen molar-refractivity contribution in [1.29, 1.82) is 0 Å². The minimum absolute atomic E-state index is 0.0446. The van der Waals surface area contributed by atoms with Gasteiger partial charge in [0, 0.05) is 31.1 Å². The summed E-state index contributed by atoms with van der Waals surface area (Å²) in [4.78, 5) is 29.5. The number of anilines is 1. The molecule has 34 heavy (non-hydrogen) atoms. The van der Waals surface area contributed by atoms with Crippen LogP contribution in [0.5, 0.6) is 0 Å². The molecule has 6 nitrogen and oxygen atoms in total. The topological polar surface area (TPSA) is 62.5 Å². The van der Waals surface area contributed by atoms with Crippen molar-refractivity contribution < 1.29 is 9.21 Å². The predicted molar refractivity (Wildman–Crippen MR) is 136 cm³/mol. The molecule has 0 radical (unpaired) electrons. The first-order valence-corrected chi connectivity index (χ1v) is 12.7. The maximum absolute atomic E-state index is 12.7. The smallest absolute Gasteiger partial charge is 0.289 e. The maximum atomic E-state index is 12.7. The molecule has 0 N–H and O–H groups in total. The number of carbonyl (C=O) groups is 1. The van der Waals surface area contributed by atoms with Crippen molar-refractivity contribution in [2.45, 2.75) is 25.7 Å². The number of piperazine rings is 1. The van der Waals surface area contributed by atoms with E-state index in [2.05, 4.69) is 23.1 Å². The lowest BCUT2D eigenvalue weighted by atomic mass is 9.97. The van der Waals surface area contributed by atoms with Crippen molar-refractivity contribution in [2.75, 3.05) is 31.1 Å². The first-order chi connectivity index (χ1) is 16.8. The summed E-state index contributed by atoms with van der Waals surface area (Å²) in [6, 6.07) is 13.7. The lowest BCUT2D eigenvalue weighted by Gasteiger charge is -2.35. The van der Waals surface area contributed by atoms with Gasteiger partial charge in [-0.15, -0.1) is 11.3 Å². The van der Waals surface area contributed by atoms with Crippen LogP contribution in [-0.2, 0) is 12.8 Å². The number of hydrogen-bond donors (Lipinski definition) is 0. The van der Waals surface area contributed by atoms with Gasteiger partial charge in [0.25, 0.3) is 5.91 Å². The summed E-state index contributed by atoms with van der Waals surface area (Å²) in [6.45, 7) is 2.77. The van der Waals surface area contributed by atoms with Gasteiger partial charge in [-0.2, -0.15) is 0 Å². The molecule has 1 amide bonds. The largest absolute Gasteiger partial charge is 0.459 e. The van der Waals surface area contributed by atoms with Crippen LogP contribution in [0.2, 0.25) is 0 Å². The van der Waals surface area contributed by atoms with Crippen LogP contribution in [0.3, 0.4) is 0 Å². The number of fused-ring (bicyclic) bond motifs is 3. The third-order valence-corrected chi connectivity index (χ3v) is 7.82. The molecular weight excluding hydrogens is 444 g/mol. The third-order valence-electron chi connectivity index (χ3n) is 6.64. The van der Waals surface area contributed by atoms with E-state index in [1.807, 2.05) is 40.5 Å². The third kappa shape index (κ3) is 4.01. The van der Waals surface area contributed by atoms with E-state index in [0.29, 0.717) is 18.8 Å². The van der Waals surface area contributed by atoms with Crippen molar-refractivity contribution >= 4 is 45.4 Å². The zero-order chi connectivity index (χ0) is 22.9. The van der Waals surface area contributed by atoms with E-state index in [9.17, 15) is 4.79 Å². The SMILES string of the molecule is O=C(c1ccco1)N1CCN(c2nc(/C=C/c3ccccc3)nc3sc4c(c23)CCCC4)CC1. The molecule has 1 aliphatic heterocycles. The predicted octanol–water partition coefficient (Wildman–Crippen LogP) is 5.30. The highest BCUT2D eigenvalue weighted by molar-refractivity contribution is 7.19. The van der Waals surface area contributed by atoms with Gasteiger partial charge in [0.1, 0.15) is 10.6 Å². The Hall–Kier alpha value is -3.45. The van der Waals surface area contributed by atoms with Crippen molar-refractivity contribution in [3.63, 3.8) is 0 Å². The van der Waals surface area contributed by atoms with Crippen LogP contribution in [0.15, 0.2) is 53.1 Å². The van der Waals surface area contributed by atoms with Crippen LogP contribution in [0.4, 0.5) is 5.82 Å². The van der Waals surface area contributed by atoms with Crippen LogP contribution in [0, 0.1) is 0 Å². The number of aromatic nitrogens is 2. The van der Waals surface area contributed by atoms with Gasteiger partial charge < -0.3 is 14.2 Å². The average molecular weight is 471 g/mol. The number of aryl methyl sites for hydroxylation is 2. The van der Waals surface area contributed by atoms with Crippen molar-refractivity contribution in [3.8, 4) is 0 Å². The molecule has 1 saturated heterocycles. The Morgan fingerprint density at radius 3 is 2.56 bits per heavy atom. The first kappa shape index (κ1) is 21.1. The fourth-order valence-electron chi connectivity index (χ4n) is 4.87. The Morgan fingerprint density at radius 1 is 0.941 bits per heavy atom. The Balaban J connectivity index is 1.33. The summed E-state index contributed by atoms with van der Waals surface area (Å²) in [5, 5.41) is 1.22. The van der Waals surface area contributed by atoms with Gasteiger partial charge in [-0.1, -0.05) is 36.4 Å². The second-order valence-corrected chi connectivity index (χ2v) is 9.88. The van der Waals surface area contributed by atoms with E-state index in [1.165, 1.54) is 28.7 Å². The molecule has 6 rings (SSSR count). The molecule has 0 atom stereocenters. The van der Waals surface area contributed by atoms with E-state index in [0.717, 1.165) is 48.0 Å². The Labute approximate surface area is 202 Å². The molecule has 1 aromatic carbocycles. The second-order valence-electron chi connectivity index (χ2n) is 8.80. The fraction of sp³-hybridized carbons (Fsp3) is 0.296. The maximum Gasteiger partial charge on any atom is 0.289 e.